The molecule has 4 atom stereocenters. The highest BCUT2D eigenvalue weighted by Gasteiger charge is 2.45. The number of aromatic nitrogens is 1. The Morgan fingerprint density at radius 3 is 2.35 bits per heavy atom. The van der Waals surface area contributed by atoms with Crippen molar-refractivity contribution in [2.24, 2.45) is 10.7 Å². The van der Waals surface area contributed by atoms with Crippen molar-refractivity contribution in [2.75, 3.05) is 13.1 Å². The molecule has 0 saturated carbocycles. The lowest BCUT2D eigenvalue weighted by atomic mass is 9.95. The van der Waals surface area contributed by atoms with E-state index in [4.69, 9.17) is 15.2 Å². The molecule has 18 heteroatoms. The summed E-state index contributed by atoms with van der Waals surface area (Å²) >= 11 is 0. The van der Waals surface area contributed by atoms with Crippen LogP contribution >= 0.6 is 0 Å². The molecule has 336 valence electrons. The number of nitrogens with zero attached hydrogens (tertiary/aromatic N) is 3. The normalized spacial score (nSPS) is 17.6. The smallest absolute Gasteiger partial charge is 0.408 e. The summed E-state index contributed by atoms with van der Waals surface area (Å²) in [5.74, 6) is -2.60. The molecular weight excluding hydrogens is 829 g/mol. The average molecular weight is 885 g/mol. The Hall–Kier alpha value is -6.43. The number of likely N-dealkylation sites (tertiary alicyclic amines) is 1. The van der Waals surface area contributed by atoms with Gasteiger partial charge in [-0.05, 0) is 89.6 Å². The van der Waals surface area contributed by atoms with Gasteiger partial charge in [-0.15, -0.1) is 0 Å². The largest absolute Gasteiger partial charge is 0.459 e. The lowest BCUT2D eigenvalue weighted by Gasteiger charge is -2.38. The number of sulfonamides is 1. The summed E-state index contributed by atoms with van der Waals surface area (Å²) in [5, 5.41) is 6.18. The Kier molecular flexibility index (Phi) is 14.4. The van der Waals surface area contributed by atoms with Gasteiger partial charge in [-0.2, -0.15) is 0 Å². The van der Waals surface area contributed by atoms with Gasteiger partial charge in [-0.25, -0.2) is 22.7 Å². The van der Waals surface area contributed by atoms with Crippen LogP contribution in [0.2, 0.25) is 0 Å². The van der Waals surface area contributed by atoms with E-state index in [0.717, 1.165) is 33.3 Å². The van der Waals surface area contributed by atoms with Crippen molar-refractivity contribution in [3.05, 3.63) is 101 Å². The number of aryl methyl sites for hydroxylation is 1. The first-order chi connectivity index (χ1) is 29.9. The molecule has 1 aromatic heterocycles. The molecule has 6 rings (SSSR count). The Balaban J connectivity index is 1.20. The third-order valence-corrected chi connectivity index (χ3v) is 12.2. The van der Waals surface area contributed by atoms with Crippen LogP contribution in [0.15, 0.2) is 88.8 Å². The molecule has 0 aliphatic carbocycles. The number of carbonyl (C=O) groups excluding carboxylic acids is 5. The predicted molar refractivity (Wildman–Crippen MR) is 235 cm³/mol. The minimum atomic E-state index is -4.01. The van der Waals surface area contributed by atoms with E-state index in [9.17, 15) is 32.4 Å². The van der Waals surface area contributed by atoms with Crippen molar-refractivity contribution in [3.63, 3.8) is 0 Å². The number of guanidine groups is 1. The first kappa shape index (κ1) is 46.1. The van der Waals surface area contributed by atoms with Gasteiger partial charge in [0, 0.05) is 36.1 Å². The van der Waals surface area contributed by atoms with Gasteiger partial charge in [-0.3, -0.25) is 19.4 Å². The summed E-state index contributed by atoms with van der Waals surface area (Å²) in [6, 6.07) is 18.9. The van der Waals surface area contributed by atoms with Gasteiger partial charge in [0.05, 0.1) is 11.4 Å². The van der Waals surface area contributed by atoms with Crippen LogP contribution in [0.1, 0.15) is 75.8 Å². The number of aromatic amines is 1. The summed E-state index contributed by atoms with van der Waals surface area (Å²) in [7, 11) is -4.01. The number of hydrogen-bond donors (Lipinski definition) is 5. The summed E-state index contributed by atoms with van der Waals surface area (Å²) in [6.45, 7) is 8.59. The molecular formula is C45H56N8O9S. The number of esters is 1. The van der Waals surface area contributed by atoms with Crippen LogP contribution in [-0.2, 0) is 58.2 Å². The van der Waals surface area contributed by atoms with Gasteiger partial charge >= 0.3 is 12.1 Å². The summed E-state index contributed by atoms with van der Waals surface area (Å²) < 4.78 is 39.1. The van der Waals surface area contributed by atoms with E-state index in [1.165, 1.54) is 28.9 Å². The molecule has 0 radical (unpaired) electrons. The highest BCUT2D eigenvalue weighted by molar-refractivity contribution is 7.90. The van der Waals surface area contributed by atoms with E-state index >= 15 is 0 Å². The molecule has 17 nitrogen and oxygen atoms in total. The molecule has 2 unspecified atom stereocenters. The highest BCUT2D eigenvalue weighted by Crippen LogP contribution is 2.33. The summed E-state index contributed by atoms with van der Waals surface area (Å²) in [4.78, 5) is 79.8. The van der Waals surface area contributed by atoms with Crippen molar-refractivity contribution in [1.29, 1.82) is 0 Å². The molecule has 63 heavy (non-hydrogen) atoms. The fraction of sp³-hybridized carbons (Fsp3) is 0.422. The Morgan fingerprint density at radius 1 is 0.937 bits per heavy atom. The highest BCUT2D eigenvalue weighted by atomic mass is 32.2. The summed E-state index contributed by atoms with van der Waals surface area (Å²) in [5.41, 5.74) is 9.37. The van der Waals surface area contributed by atoms with E-state index in [1.54, 1.807) is 32.9 Å². The molecule has 6 N–H and O–H groups in total. The lowest BCUT2D eigenvalue weighted by Crippen LogP contribution is -2.58. The molecule has 3 heterocycles. The number of ether oxygens (including phenoxy) is 2. The number of H-pyrrole nitrogens is 1. The van der Waals surface area contributed by atoms with Gasteiger partial charge in [0.2, 0.25) is 23.7 Å². The minimum absolute atomic E-state index is 0.00478. The average Bonchev–Trinajstić information content (AvgIpc) is 3.87. The van der Waals surface area contributed by atoms with Crippen LogP contribution in [0.3, 0.4) is 0 Å². The van der Waals surface area contributed by atoms with Crippen molar-refractivity contribution in [2.45, 2.75) is 115 Å². The van der Waals surface area contributed by atoms with Crippen LogP contribution in [0.4, 0.5) is 4.79 Å². The number of alkyl carbamates (subject to hydrolysis) is 1. The van der Waals surface area contributed by atoms with Crippen molar-refractivity contribution >= 4 is 56.7 Å². The predicted octanol–water partition coefficient (Wildman–Crippen LogP) is 3.94. The monoisotopic (exact) mass is 884 g/mol. The van der Waals surface area contributed by atoms with Crippen molar-refractivity contribution in [1.82, 2.24) is 30.1 Å². The number of nitrogens with one attached hydrogen (secondary N) is 4. The van der Waals surface area contributed by atoms with Crippen molar-refractivity contribution < 1.29 is 41.9 Å². The van der Waals surface area contributed by atoms with Gasteiger partial charge in [0.25, 0.3) is 10.0 Å². The number of hydrogen-bond acceptors (Lipinski definition) is 10. The number of para-hydroxylation sites is 1. The van der Waals surface area contributed by atoms with Gasteiger partial charge in [-0.1, -0.05) is 66.2 Å². The van der Waals surface area contributed by atoms with Crippen LogP contribution in [0.25, 0.3) is 10.9 Å². The third kappa shape index (κ3) is 11.7. The molecule has 2 aliphatic rings. The van der Waals surface area contributed by atoms with Crippen LogP contribution in [0.5, 0.6) is 0 Å². The molecule has 0 bridgehead atoms. The zero-order valence-electron chi connectivity index (χ0n) is 36.2. The molecule has 0 spiro atoms. The topological polar surface area (TPSA) is 235 Å². The van der Waals surface area contributed by atoms with E-state index in [2.05, 4.69) is 25.3 Å². The maximum Gasteiger partial charge on any atom is 0.408 e. The number of aliphatic imine (C=N–C) groups is 1. The number of nitrogens with two attached hydrogens (primary N) is 1. The zero-order chi connectivity index (χ0) is 45.5. The van der Waals surface area contributed by atoms with Gasteiger partial charge in [0.15, 0.2) is 0 Å². The number of carbonyl (C=O) groups is 5. The molecule has 3 aromatic carbocycles. The molecule has 4 amide bonds. The van der Waals surface area contributed by atoms with E-state index in [-0.39, 0.29) is 56.4 Å². The van der Waals surface area contributed by atoms with Gasteiger partial charge in [0.1, 0.15) is 36.4 Å². The van der Waals surface area contributed by atoms with E-state index in [1.807, 2.05) is 61.5 Å². The van der Waals surface area contributed by atoms with E-state index < -0.39 is 69.6 Å². The minimum Gasteiger partial charge on any atom is -0.459 e. The molecule has 2 aliphatic heterocycles. The Morgan fingerprint density at radius 2 is 1.63 bits per heavy atom. The first-order valence-corrected chi connectivity index (χ1v) is 22.5. The van der Waals surface area contributed by atoms with Crippen LogP contribution < -0.4 is 21.1 Å². The SMILES string of the molecule is Cc1ccc(S(=O)(=O)NC(N)=NCCC[C@H](NC(=O)[C@H](C)NC(=O)OC(C)(C)C)C(=O)N2CCCC2C(=O)N2Cc3[nH]c4ccccc4c3CC2C(=O)OCc2ccccc2)cc1. The molecule has 1 fully saturated rings. The molecule has 4 aromatic rings. The second-order valence-corrected chi connectivity index (χ2v) is 18.5. The first-order valence-electron chi connectivity index (χ1n) is 21.0. The van der Waals surface area contributed by atoms with Crippen LogP contribution in [-0.4, -0.2) is 102 Å². The Bertz CT molecular complexity index is 2450. The number of amides is 4. The Labute approximate surface area is 367 Å². The molecule has 1 saturated heterocycles. The fourth-order valence-electron chi connectivity index (χ4n) is 7.70. The number of fused-ring (bicyclic) bond motifs is 3. The van der Waals surface area contributed by atoms with E-state index in [0.29, 0.717) is 12.8 Å². The third-order valence-electron chi connectivity index (χ3n) is 10.8. The zero-order valence-corrected chi connectivity index (χ0v) is 37.0. The lowest BCUT2D eigenvalue weighted by molar-refractivity contribution is -0.160. The number of benzene rings is 3. The quantitative estimate of drug-likeness (QED) is 0.0530. The fourth-order valence-corrected chi connectivity index (χ4v) is 8.65. The maximum atomic E-state index is 14.8. The van der Waals surface area contributed by atoms with Crippen LogP contribution in [0, 0.1) is 6.92 Å². The van der Waals surface area contributed by atoms with Gasteiger partial charge < -0.3 is 40.6 Å². The standard InChI is InChI=1S/C45H56N8O9S/c1-28-19-21-31(22-20-28)63(59,60)51-43(46)47-23-11-17-35(50-39(54)29(2)48-44(58)62-45(3,4)5)40(55)52-24-12-18-37(52)41(56)53-26-36-33(32-15-9-10-16-34(32)49-36)25-38(53)42(57)61-27-30-13-7-6-8-14-30/h6-10,13-16,19-22,29,35,37-38,49H,11-12,17-18,23-27H2,1-5H3,(H,48,58)(H,50,54)(H3,46,47,51)/t29-,35-,37?,38?/m0/s1. The van der Waals surface area contributed by atoms with Crippen molar-refractivity contribution in [3.8, 4) is 0 Å². The second-order valence-electron chi connectivity index (χ2n) is 16.9. The summed E-state index contributed by atoms with van der Waals surface area (Å²) in [6.07, 6.45) is 0.341. The second kappa shape index (κ2) is 19.7. The number of rotatable bonds is 14. The maximum absolute atomic E-state index is 14.8.